The highest BCUT2D eigenvalue weighted by atomic mass is 19.4. The largest absolute Gasteiger partial charge is 0.573 e. The lowest BCUT2D eigenvalue weighted by atomic mass is 10.3. The minimum Gasteiger partial charge on any atom is -0.487 e. The minimum absolute atomic E-state index is 0.188. The number of halogens is 3. The molecule has 0 atom stereocenters. The summed E-state index contributed by atoms with van der Waals surface area (Å²) < 4.78 is 46.4. The molecule has 0 saturated carbocycles. The first-order valence-corrected chi connectivity index (χ1v) is 5.26. The lowest BCUT2D eigenvalue weighted by Gasteiger charge is -2.09. The van der Waals surface area contributed by atoms with Crippen LogP contribution in [0.25, 0.3) is 0 Å². The highest BCUT2D eigenvalue weighted by Gasteiger charge is 2.30. The zero-order chi connectivity index (χ0) is 13.9. The second-order valence-corrected chi connectivity index (χ2v) is 3.69. The summed E-state index contributed by atoms with van der Waals surface area (Å²) in [7, 11) is 1.72. The van der Waals surface area contributed by atoms with E-state index in [9.17, 15) is 13.2 Å². The van der Waals surface area contributed by atoms with E-state index in [1.54, 1.807) is 13.2 Å². The van der Waals surface area contributed by atoms with E-state index < -0.39 is 6.36 Å². The summed E-state index contributed by atoms with van der Waals surface area (Å²) in [5.41, 5.74) is 0.623. The predicted octanol–water partition coefficient (Wildman–Crippen LogP) is 2.29. The Morgan fingerprint density at radius 1 is 1.16 bits per heavy atom. The molecule has 1 aromatic carbocycles. The third-order valence-corrected chi connectivity index (χ3v) is 2.09. The van der Waals surface area contributed by atoms with Gasteiger partial charge in [0.1, 0.15) is 23.8 Å². The number of rotatable bonds is 4. The van der Waals surface area contributed by atoms with Crippen LogP contribution in [0.15, 0.2) is 30.5 Å². The van der Waals surface area contributed by atoms with Gasteiger partial charge in [-0.2, -0.15) is 0 Å². The van der Waals surface area contributed by atoms with Crippen LogP contribution in [-0.4, -0.2) is 21.4 Å². The Bertz CT molecular complexity index is 537. The summed E-state index contributed by atoms with van der Waals surface area (Å²) in [5, 5.41) is 7.54. The number of aromatic nitrogens is 3. The van der Waals surface area contributed by atoms with Crippen LogP contribution >= 0.6 is 0 Å². The first-order valence-electron chi connectivity index (χ1n) is 5.26. The molecular weight excluding hydrogens is 263 g/mol. The number of benzene rings is 1. The van der Waals surface area contributed by atoms with Crippen molar-refractivity contribution in [2.45, 2.75) is 13.0 Å². The molecule has 0 radical (unpaired) electrons. The van der Waals surface area contributed by atoms with E-state index in [1.807, 2.05) is 0 Å². The normalized spacial score (nSPS) is 11.4. The molecule has 0 aliphatic heterocycles. The van der Waals surface area contributed by atoms with Gasteiger partial charge in [0.15, 0.2) is 0 Å². The smallest absolute Gasteiger partial charge is 0.487 e. The molecule has 0 N–H and O–H groups in total. The number of hydrogen-bond donors (Lipinski definition) is 0. The van der Waals surface area contributed by atoms with Crippen molar-refractivity contribution in [3.8, 4) is 11.5 Å². The fourth-order valence-electron chi connectivity index (χ4n) is 1.36. The molecule has 1 aromatic heterocycles. The monoisotopic (exact) mass is 273 g/mol. The van der Waals surface area contributed by atoms with Crippen LogP contribution in [0.5, 0.6) is 11.5 Å². The van der Waals surface area contributed by atoms with Gasteiger partial charge in [-0.25, -0.2) is 0 Å². The molecule has 0 fully saturated rings. The third kappa shape index (κ3) is 4.16. The number of hydrogen-bond acceptors (Lipinski definition) is 4. The molecule has 102 valence electrons. The quantitative estimate of drug-likeness (QED) is 0.857. The summed E-state index contributed by atoms with van der Waals surface area (Å²) in [5.74, 6) is 0.125. The fraction of sp³-hybridized carbons (Fsp3) is 0.273. The maximum absolute atomic E-state index is 11.9. The lowest BCUT2D eigenvalue weighted by molar-refractivity contribution is -0.274. The van der Waals surface area contributed by atoms with E-state index in [0.717, 1.165) is 0 Å². The molecule has 0 saturated heterocycles. The van der Waals surface area contributed by atoms with Crippen molar-refractivity contribution < 1.29 is 22.6 Å². The lowest BCUT2D eigenvalue weighted by Crippen LogP contribution is -2.16. The van der Waals surface area contributed by atoms with Crippen LogP contribution in [-0.2, 0) is 13.7 Å². The Labute approximate surface area is 106 Å². The summed E-state index contributed by atoms with van der Waals surface area (Å²) in [6.07, 6.45) is -3.01. The van der Waals surface area contributed by atoms with Gasteiger partial charge in [-0.3, -0.25) is 4.68 Å². The fourth-order valence-corrected chi connectivity index (χ4v) is 1.36. The van der Waals surface area contributed by atoms with Gasteiger partial charge in [-0.05, 0) is 24.3 Å². The standard InChI is InChI=1S/C11H10F3N3O2/c1-17-6-8(15-16-17)7-18-9-2-4-10(5-3-9)19-11(12,13)14/h2-6H,7H2,1H3. The molecule has 8 heteroatoms. The molecule has 5 nitrogen and oxygen atoms in total. The zero-order valence-corrected chi connectivity index (χ0v) is 9.89. The molecule has 0 aliphatic rings. The number of aryl methyl sites for hydroxylation is 1. The van der Waals surface area contributed by atoms with E-state index in [4.69, 9.17) is 4.74 Å². The Kier molecular flexibility index (Phi) is 3.59. The Balaban J connectivity index is 1.91. The van der Waals surface area contributed by atoms with Crippen LogP contribution < -0.4 is 9.47 Å². The van der Waals surface area contributed by atoms with E-state index >= 15 is 0 Å². The third-order valence-electron chi connectivity index (χ3n) is 2.09. The van der Waals surface area contributed by atoms with Gasteiger partial charge in [0, 0.05) is 7.05 Å². The van der Waals surface area contributed by atoms with Gasteiger partial charge in [0.25, 0.3) is 0 Å². The van der Waals surface area contributed by atoms with E-state index in [2.05, 4.69) is 15.0 Å². The van der Waals surface area contributed by atoms with Crippen LogP contribution in [0.1, 0.15) is 5.69 Å². The molecular formula is C11H10F3N3O2. The van der Waals surface area contributed by atoms with Crippen molar-refractivity contribution in [1.82, 2.24) is 15.0 Å². The zero-order valence-electron chi connectivity index (χ0n) is 9.89. The highest BCUT2D eigenvalue weighted by Crippen LogP contribution is 2.24. The second kappa shape index (κ2) is 5.17. The first kappa shape index (κ1) is 13.2. The summed E-state index contributed by atoms with van der Waals surface area (Å²) in [6.45, 7) is 0.188. The van der Waals surface area contributed by atoms with Crippen LogP contribution in [0, 0.1) is 0 Å². The maximum atomic E-state index is 11.9. The topological polar surface area (TPSA) is 49.2 Å². The Hall–Kier alpha value is -2.25. The molecule has 1 heterocycles. The highest BCUT2D eigenvalue weighted by molar-refractivity contribution is 5.31. The first-order chi connectivity index (χ1) is 8.92. The molecule has 2 aromatic rings. The van der Waals surface area contributed by atoms with E-state index in [-0.39, 0.29) is 12.4 Å². The van der Waals surface area contributed by atoms with Crippen molar-refractivity contribution in [2.75, 3.05) is 0 Å². The van der Waals surface area contributed by atoms with Crippen molar-refractivity contribution in [3.05, 3.63) is 36.2 Å². The average molecular weight is 273 g/mol. The Morgan fingerprint density at radius 3 is 2.32 bits per heavy atom. The average Bonchev–Trinajstić information content (AvgIpc) is 2.72. The second-order valence-electron chi connectivity index (χ2n) is 3.69. The molecule has 19 heavy (non-hydrogen) atoms. The molecule has 2 rings (SSSR count). The number of ether oxygens (including phenoxy) is 2. The van der Waals surface area contributed by atoms with Gasteiger partial charge >= 0.3 is 6.36 Å². The summed E-state index contributed by atoms with van der Waals surface area (Å²) >= 11 is 0. The predicted molar refractivity (Wildman–Crippen MR) is 58.5 cm³/mol. The molecule has 0 unspecified atom stereocenters. The van der Waals surface area contributed by atoms with E-state index in [0.29, 0.717) is 11.4 Å². The van der Waals surface area contributed by atoms with Crippen LogP contribution in [0.2, 0.25) is 0 Å². The van der Waals surface area contributed by atoms with Gasteiger partial charge in [0.2, 0.25) is 0 Å². The maximum Gasteiger partial charge on any atom is 0.573 e. The number of nitrogens with zero attached hydrogens (tertiary/aromatic N) is 3. The molecule has 0 aliphatic carbocycles. The van der Waals surface area contributed by atoms with Gasteiger partial charge in [0.05, 0.1) is 6.20 Å². The SMILES string of the molecule is Cn1cc(COc2ccc(OC(F)(F)F)cc2)nn1. The van der Waals surface area contributed by atoms with Crippen molar-refractivity contribution >= 4 is 0 Å². The van der Waals surface area contributed by atoms with Crippen molar-refractivity contribution in [3.63, 3.8) is 0 Å². The number of alkyl halides is 3. The van der Waals surface area contributed by atoms with E-state index in [1.165, 1.54) is 28.9 Å². The van der Waals surface area contributed by atoms with Gasteiger partial charge in [-0.1, -0.05) is 5.21 Å². The van der Waals surface area contributed by atoms with Crippen molar-refractivity contribution in [1.29, 1.82) is 0 Å². The van der Waals surface area contributed by atoms with Gasteiger partial charge in [-0.15, -0.1) is 18.3 Å². The van der Waals surface area contributed by atoms with Gasteiger partial charge < -0.3 is 9.47 Å². The van der Waals surface area contributed by atoms with Crippen LogP contribution in [0.3, 0.4) is 0 Å². The van der Waals surface area contributed by atoms with Crippen LogP contribution in [0.4, 0.5) is 13.2 Å². The molecule has 0 amide bonds. The summed E-state index contributed by atoms with van der Waals surface area (Å²) in [4.78, 5) is 0. The molecule has 0 bridgehead atoms. The summed E-state index contributed by atoms with van der Waals surface area (Å²) in [6, 6.07) is 5.13. The Morgan fingerprint density at radius 2 is 1.79 bits per heavy atom. The molecule has 0 spiro atoms. The van der Waals surface area contributed by atoms with Crippen molar-refractivity contribution in [2.24, 2.45) is 7.05 Å². The minimum atomic E-state index is -4.69.